The molecule has 0 saturated heterocycles. The van der Waals surface area contributed by atoms with Crippen LogP contribution in [-0.4, -0.2) is 23.5 Å². The number of thioether (sulfide) groups is 1. The standard InChI is InChI=1S/C14H24N2S/c1-11-4-5-12(8-11)16-13-15-9-14(10-17-13)6-2-3-7-14/h11-12H,2-10H2,1H3,(H,15,16). The minimum Gasteiger partial charge on any atom is -0.362 e. The molecule has 0 aromatic rings. The highest BCUT2D eigenvalue weighted by Gasteiger charge is 2.36. The zero-order valence-corrected chi connectivity index (χ0v) is 11.7. The highest BCUT2D eigenvalue weighted by molar-refractivity contribution is 8.13. The van der Waals surface area contributed by atoms with Crippen LogP contribution in [0.1, 0.15) is 51.9 Å². The maximum Gasteiger partial charge on any atom is 0.156 e. The Balaban J connectivity index is 1.54. The summed E-state index contributed by atoms with van der Waals surface area (Å²) in [5, 5.41) is 4.91. The molecule has 0 amide bonds. The summed E-state index contributed by atoms with van der Waals surface area (Å²) in [6.07, 6.45) is 9.75. The molecule has 2 fully saturated rings. The smallest absolute Gasteiger partial charge is 0.156 e. The monoisotopic (exact) mass is 252 g/mol. The van der Waals surface area contributed by atoms with Gasteiger partial charge in [-0.3, -0.25) is 4.99 Å². The van der Waals surface area contributed by atoms with Gasteiger partial charge < -0.3 is 5.32 Å². The number of rotatable bonds is 1. The van der Waals surface area contributed by atoms with Crippen LogP contribution in [0.4, 0.5) is 0 Å². The normalized spacial score (nSPS) is 36.2. The molecule has 2 unspecified atom stereocenters. The van der Waals surface area contributed by atoms with E-state index in [1.165, 1.54) is 55.9 Å². The number of aliphatic imine (C=N–C) groups is 1. The lowest BCUT2D eigenvalue weighted by atomic mass is 9.89. The number of nitrogens with zero attached hydrogens (tertiary/aromatic N) is 1. The summed E-state index contributed by atoms with van der Waals surface area (Å²) in [4.78, 5) is 4.82. The molecule has 0 aromatic carbocycles. The van der Waals surface area contributed by atoms with E-state index in [9.17, 15) is 0 Å². The van der Waals surface area contributed by atoms with E-state index in [1.807, 2.05) is 11.8 Å². The molecule has 3 rings (SSSR count). The molecule has 2 saturated carbocycles. The Bertz CT molecular complexity index is 307. The first-order valence-electron chi connectivity index (χ1n) is 7.20. The van der Waals surface area contributed by atoms with Crippen LogP contribution in [-0.2, 0) is 0 Å². The molecule has 3 aliphatic rings. The first-order valence-corrected chi connectivity index (χ1v) is 8.18. The molecule has 1 heterocycles. The van der Waals surface area contributed by atoms with Crippen LogP contribution in [0.3, 0.4) is 0 Å². The molecule has 2 nitrogen and oxygen atoms in total. The molecule has 0 radical (unpaired) electrons. The molecule has 17 heavy (non-hydrogen) atoms. The van der Waals surface area contributed by atoms with E-state index in [2.05, 4.69) is 12.2 Å². The minimum absolute atomic E-state index is 0.582. The summed E-state index contributed by atoms with van der Waals surface area (Å²) in [5.41, 5.74) is 0.582. The van der Waals surface area contributed by atoms with Crippen LogP contribution >= 0.6 is 11.8 Å². The maximum atomic E-state index is 4.82. The Labute approximate surface area is 109 Å². The quantitative estimate of drug-likeness (QED) is 0.773. The lowest BCUT2D eigenvalue weighted by Gasteiger charge is -2.31. The van der Waals surface area contributed by atoms with E-state index in [4.69, 9.17) is 4.99 Å². The SMILES string of the molecule is CC1CCC(NC2=NCC3(CCCC3)CS2)C1. The number of hydrogen-bond donors (Lipinski definition) is 1. The third-order valence-electron chi connectivity index (χ3n) is 4.76. The Morgan fingerprint density at radius 2 is 2.12 bits per heavy atom. The van der Waals surface area contributed by atoms with Gasteiger partial charge in [0, 0.05) is 18.3 Å². The van der Waals surface area contributed by atoms with E-state index in [1.54, 1.807) is 0 Å². The van der Waals surface area contributed by atoms with Crippen molar-refractivity contribution in [2.75, 3.05) is 12.3 Å². The lowest BCUT2D eigenvalue weighted by molar-refractivity contribution is 0.358. The van der Waals surface area contributed by atoms with Gasteiger partial charge in [-0.25, -0.2) is 0 Å². The fraction of sp³-hybridized carbons (Fsp3) is 0.929. The third-order valence-corrected chi connectivity index (χ3v) is 6.04. The lowest BCUT2D eigenvalue weighted by Crippen LogP contribution is -2.37. The average Bonchev–Trinajstić information content (AvgIpc) is 2.93. The van der Waals surface area contributed by atoms with E-state index >= 15 is 0 Å². The van der Waals surface area contributed by atoms with Gasteiger partial charge in [-0.05, 0) is 43.4 Å². The van der Waals surface area contributed by atoms with Gasteiger partial charge in [0.05, 0.1) is 0 Å². The molecular weight excluding hydrogens is 228 g/mol. The largest absolute Gasteiger partial charge is 0.362 e. The van der Waals surface area contributed by atoms with Gasteiger partial charge in [0.1, 0.15) is 0 Å². The molecule has 1 N–H and O–H groups in total. The predicted octanol–water partition coefficient (Wildman–Crippen LogP) is 3.43. The average molecular weight is 252 g/mol. The van der Waals surface area contributed by atoms with Gasteiger partial charge in [0.25, 0.3) is 0 Å². The Kier molecular flexibility index (Phi) is 3.38. The van der Waals surface area contributed by atoms with Crippen LogP contribution in [0.15, 0.2) is 4.99 Å². The van der Waals surface area contributed by atoms with Crippen molar-refractivity contribution < 1.29 is 0 Å². The van der Waals surface area contributed by atoms with Gasteiger partial charge in [-0.2, -0.15) is 0 Å². The van der Waals surface area contributed by atoms with Crippen LogP contribution in [0.25, 0.3) is 0 Å². The number of amidine groups is 1. The van der Waals surface area contributed by atoms with Crippen LogP contribution < -0.4 is 5.32 Å². The second-order valence-corrected chi connectivity index (χ2v) is 7.34. The Hall–Kier alpha value is -0.180. The minimum atomic E-state index is 0.582. The maximum absolute atomic E-state index is 4.82. The van der Waals surface area contributed by atoms with Gasteiger partial charge in [0.15, 0.2) is 5.17 Å². The molecular formula is C14H24N2S. The van der Waals surface area contributed by atoms with E-state index < -0.39 is 0 Å². The van der Waals surface area contributed by atoms with Gasteiger partial charge >= 0.3 is 0 Å². The Morgan fingerprint density at radius 1 is 1.29 bits per heavy atom. The van der Waals surface area contributed by atoms with Crippen molar-refractivity contribution in [1.82, 2.24) is 5.32 Å². The molecule has 96 valence electrons. The van der Waals surface area contributed by atoms with E-state index in [-0.39, 0.29) is 0 Å². The van der Waals surface area contributed by atoms with Crippen molar-refractivity contribution >= 4 is 16.9 Å². The van der Waals surface area contributed by atoms with Crippen LogP contribution in [0, 0.1) is 11.3 Å². The number of hydrogen-bond acceptors (Lipinski definition) is 3. The second-order valence-electron chi connectivity index (χ2n) is 6.38. The summed E-state index contributed by atoms with van der Waals surface area (Å²) < 4.78 is 0. The first kappa shape index (κ1) is 11.9. The molecule has 0 aromatic heterocycles. The van der Waals surface area contributed by atoms with Crippen molar-refractivity contribution in [1.29, 1.82) is 0 Å². The van der Waals surface area contributed by atoms with E-state index in [0.717, 1.165) is 12.5 Å². The zero-order valence-electron chi connectivity index (χ0n) is 10.9. The molecule has 2 atom stereocenters. The second kappa shape index (κ2) is 4.83. The summed E-state index contributed by atoms with van der Waals surface area (Å²) in [7, 11) is 0. The fourth-order valence-electron chi connectivity index (χ4n) is 3.58. The molecule has 1 spiro atoms. The van der Waals surface area contributed by atoms with Gasteiger partial charge in [0.2, 0.25) is 0 Å². The highest BCUT2D eigenvalue weighted by atomic mass is 32.2. The first-order chi connectivity index (χ1) is 8.26. The fourth-order valence-corrected chi connectivity index (χ4v) is 4.81. The van der Waals surface area contributed by atoms with Crippen molar-refractivity contribution in [2.24, 2.45) is 16.3 Å². The summed E-state index contributed by atoms with van der Waals surface area (Å²) in [6, 6.07) is 0.703. The molecule has 3 heteroatoms. The zero-order chi connectivity index (χ0) is 11.7. The molecule has 2 aliphatic carbocycles. The highest BCUT2D eigenvalue weighted by Crippen LogP contribution is 2.43. The van der Waals surface area contributed by atoms with E-state index in [0.29, 0.717) is 11.5 Å². The Morgan fingerprint density at radius 3 is 2.71 bits per heavy atom. The van der Waals surface area contributed by atoms with Gasteiger partial charge in [-0.15, -0.1) is 0 Å². The summed E-state index contributed by atoms with van der Waals surface area (Å²) >= 11 is 1.99. The van der Waals surface area contributed by atoms with Gasteiger partial charge in [-0.1, -0.05) is 31.5 Å². The van der Waals surface area contributed by atoms with Crippen molar-refractivity contribution in [3.63, 3.8) is 0 Å². The van der Waals surface area contributed by atoms with Crippen LogP contribution in [0.5, 0.6) is 0 Å². The predicted molar refractivity (Wildman–Crippen MR) is 75.6 cm³/mol. The summed E-state index contributed by atoms with van der Waals surface area (Å²) in [5.74, 6) is 2.21. The topological polar surface area (TPSA) is 24.4 Å². The van der Waals surface area contributed by atoms with Crippen molar-refractivity contribution in [3.8, 4) is 0 Å². The number of nitrogens with one attached hydrogen (secondary N) is 1. The third kappa shape index (κ3) is 2.64. The summed E-state index contributed by atoms with van der Waals surface area (Å²) in [6.45, 7) is 3.45. The van der Waals surface area contributed by atoms with Crippen molar-refractivity contribution in [3.05, 3.63) is 0 Å². The molecule has 1 aliphatic heterocycles. The van der Waals surface area contributed by atoms with Crippen LogP contribution in [0.2, 0.25) is 0 Å². The van der Waals surface area contributed by atoms with Crippen molar-refractivity contribution in [2.45, 2.75) is 57.9 Å². The molecule has 0 bridgehead atoms.